The standard InChI is InChI=1S/C13H19N3O2/c1-8(2)15-7-10(14)9-4-5-11-12(6-9)18-13(17)16(11)3/h4-6,8,10,15H,7,14H2,1-3H3. The first-order valence-corrected chi connectivity index (χ1v) is 6.07. The van der Waals surface area contributed by atoms with Crippen LogP contribution in [0.3, 0.4) is 0 Å². The van der Waals surface area contributed by atoms with Gasteiger partial charge in [0, 0.05) is 25.7 Å². The van der Waals surface area contributed by atoms with Crippen molar-refractivity contribution in [3.63, 3.8) is 0 Å². The molecule has 5 nitrogen and oxygen atoms in total. The van der Waals surface area contributed by atoms with Gasteiger partial charge in [0.05, 0.1) is 5.52 Å². The second-order valence-electron chi connectivity index (χ2n) is 4.82. The molecule has 0 radical (unpaired) electrons. The van der Waals surface area contributed by atoms with E-state index >= 15 is 0 Å². The van der Waals surface area contributed by atoms with Crippen molar-refractivity contribution in [3.05, 3.63) is 34.3 Å². The van der Waals surface area contributed by atoms with Gasteiger partial charge >= 0.3 is 5.76 Å². The van der Waals surface area contributed by atoms with E-state index in [1.54, 1.807) is 7.05 Å². The lowest BCUT2D eigenvalue weighted by atomic mass is 10.1. The van der Waals surface area contributed by atoms with Gasteiger partial charge in [-0.3, -0.25) is 4.57 Å². The van der Waals surface area contributed by atoms with Crippen LogP contribution in [0.25, 0.3) is 11.1 Å². The number of nitrogens with one attached hydrogen (secondary N) is 1. The molecule has 2 rings (SSSR count). The van der Waals surface area contributed by atoms with Crippen molar-refractivity contribution >= 4 is 11.1 Å². The van der Waals surface area contributed by atoms with E-state index in [1.165, 1.54) is 4.57 Å². The molecule has 5 heteroatoms. The predicted molar refractivity (Wildman–Crippen MR) is 71.5 cm³/mol. The number of aryl methyl sites for hydroxylation is 1. The lowest BCUT2D eigenvalue weighted by Gasteiger charge is -2.15. The van der Waals surface area contributed by atoms with Gasteiger partial charge in [-0.15, -0.1) is 0 Å². The summed E-state index contributed by atoms with van der Waals surface area (Å²) in [4.78, 5) is 11.4. The molecule has 0 aliphatic carbocycles. The van der Waals surface area contributed by atoms with Crippen molar-refractivity contribution in [2.75, 3.05) is 6.54 Å². The average Bonchev–Trinajstić information content (AvgIpc) is 2.61. The first-order chi connectivity index (χ1) is 8.49. The Kier molecular flexibility index (Phi) is 3.54. The first kappa shape index (κ1) is 12.9. The molecule has 18 heavy (non-hydrogen) atoms. The third-order valence-electron chi connectivity index (χ3n) is 2.99. The molecule has 1 atom stereocenters. The van der Waals surface area contributed by atoms with Gasteiger partial charge < -0.3 is 15.5 Å². The number of hydrogen-bond donors (Lipinski definition) is 2. The molecular formula is C13H19N3O2. The van der Waals surface area contributed by atoms with Crippen LogP contribution in [-0.2, 0) is 7.05 Å². The van der Waals surface area contributed by atoms with Crippen LogP contribution in [0.5, 0.6) is 0 Å². The van der Waals surface area contributed by atoms with Crippen molar-refractivity contribution in [3.8, 4) is 0 Å². The van der Waals surface area contributed by atoms with Gasteiger partial charge in [-0.25, -0.2) is 4.79 Å². The van der Waals surface area contributed by atoms with Gasteiger partial charge in [-0.2, -0.15) is 0 Å². The molecule has 0 spiro atoms. The van der Waals surface area contributed by atoms with Crippen LogP contribution in [0.4, 0.5) is 0 Å². The molecule has 0 bridgehead atoms. The second-order valence-corrected chi connectivity index (χ2v) is 4.82. The molecule has 0 saturated heterocycles. The maximum atomic E-state index is 11.4. The van der Waals surface area contributed by atoms with Gasteiger partial charge in [0.25, 0.3) is 0 Å². The van der Waals surface area contributed by atoms with Crippen LogP contribution in [0.1, 0.15) is 25.5 Å². The smallest absolute Gasteiger partial charge is 0.408 e. The highest BCUT2D eigenvalue weighted by Crippen LogP contribution is 2.18. The summed E-state index contributed by atoms with van der Waals surface area (Å²) in [5.41, 5.74) is 8.42. The fraction of sp³-hybridized carbons (Fsp3) is 0.462. The fourth-order valence-electron chi connectivity index (χ4n) is 1.86. The summed E-state index contributed by atoms with van der Waals surface area (Å²) in [7, 11) is 1.69. The fourth-order valence-corrected chi connectivity index (χ4v) is 1.86. The van der Waals surface area contributed by atoms with Crippen LogP contribution < -0.4 is 16.8 Å². The van der Waals surface area contributed by atoms with Crippen molar-refractivity contribution in [1.29, 1.82) is 0 Å². The van der Waals surface area contributed by atoms with Crippen molar-refractivity contribution in [1.82, 2.24) is 9.88 Å². The van der Waals surface area contributed by atoms with Crippen molar-refractivity contribution in [2.24, 2.45) is 12.8 Å². The molecule has 0 saturated carbocycles. The van der Waals surface area contributed by atoms with Crippen LogP contribution in [0.2, 0.25) is 0 Å². The summed E-state index contributed by atoms with van der Waals surface area (Å²) in [5.74, 6) is -0.351. The highest BCUT2D eigenvalue weighted by molar-refractivity contribution is 5.73. The molecular weight excluding hydrogens is 230 g/mol. The number of nitrogens with zero attached hydrogens (tertiary/aromatic N) is 1. The molecule has 0 aliphatic rings. The number of aromatic nitrogens is 1. The quantitative estimate of drug-likeness (QED) is 0.852. The molecule has 1 aromatic carbocycles. The zero-order valence-corrected chi connectivity index (χ0v) is 10.9. The summed E-state index contributed by atoms with van der Waals surface area (Å²) in [6, 6.07) is 5.93. The average molecular weight is 249 g/mol. The van der Waals surface area contributed by atoms with E-state index < -0.39 is 0 Å². The van der Waals surface area contributed by atoms with Crippen LogP contribution >= 0.6 is 0 Å². The topological polar surface area (TPSA) is 73.2 Å². The Hall–Kier alpha value is -1.59. The van der Waals surface area contributed by atoms with Crippen LogP contribution in [0.15, 0.2) is 27.4 Å². The Morgan fingerprint density at radius 1 is 1.44 bits per heavy atom. The predicted octanol–water partition coefficient (Wildman–Crippen LogP) is 1.13. The number of rotatable bonds is 4. The van der Waals surface area contributed by atoms with E-state index in [2.05, 4.69) is 19.2 Å². The van der Waals surface area contributed by atoms with Crippen molar-refractivity contribution < 1.29 is 4.42 Å². The summed E-state index contributed by atoms with van der Waals surface area (Å²) in [6.45, 7) is 4.85. The molecule has 1 heterocycles. The summed E-state index contributed by atoms with van der Waals surface area (Å²) >= 11 is 0. The number of hydrogen-bond acceptors (Lipinski definition) is 4. The van der Waals surface area contributed by atoms with Crippen molar-refractivity contribution in [2.45, 2.75) is 25.9 Å². The minimum absolute atomic E-state index is 0.109. The molecule has 1 aromatic heterocycles. The van der Waals surface area contributed by atoms with Gasteiger partial charge in [0.1, 0.15) is 0 Å². The van der Waals surface area contributed by atoms with E-state index in [0.29, 0.717) is 18.2 Å². The first-order valence-electron chi connectivity index (χ1n) is 6.07. The van der Waals surface area contributed by atoms with Gasteiger partial charge in [0.2, 0.25) is 0 Å². The molecule has 1 unspecified atom stereocenters. The Morgan fingerprint density at radius 3 is 2.83 bits per heavy atom. The molecule has 0 amide bonds. The third kappa shape index (κ3) is 2.47. The number of benzene rings is 1. The van der Waals surface area contributed by atoms with E-state index in [-0.39, 0.29) is 11.8 Å². The highest BCUT2D eigenvalue weighted by Gasteiger charge is 2.11. The largest absolute Gasteiger partial charge is 0.419 e. The Bertz CT molecular complexity index is 598. The van der Waals surface area contributed by atoms with E-state index in [1.807, 2.05) is 18.2 Å². The van der Waals surface area contributed by atoms with Crippen LogP contribution in [-0.4, -0.2) is 17.2 Å². The number of fused-ring (bicyclic) bond motifs is 1. The monoisotopic (exact) mass is 249 g/mol. The minimum atomic E-state index is -0.351. The lowest BCUT2D eigenvalue weighted by Crippen LogP contribution is -2.31. The third-order valence-corrected chi connectivity index (χ3v) is 2.99. The van der Waals surface area contributed by atoms with Gasteiger partial charge in [0.15, 0.2) is 5.58 Å². The normalized spacial score (nSPS) is 13.4. The Labute approximate surface area is 106 Å². The summed E-state index contributed by atoms with van der Waals surface area (Å²) < 4.78 is 6.63. The molecule has 0 fully saturated rings. The van der Waals surface area contributed by atoms with Gasteiger partial charge in [-0.1, -0.05) is 19.9 Å². The maximum absolute atomic E-state index is 11.4. The summed E-state index contributed by atoms with van der Waals surface area (Å²) in [6.07, 6.45) is 0. The lowest BCUT2D eigenvalue weighted by molar-refractivity contribution is 0.524. The molecule has 3 N–H and O–H groups in total. The number of oxazole rings is 1. The van der Waals surface area contributed by atoms with E-state index in [0.717, 1.165) is 11.1 Å². The molecule has 0 aliphatic heterocycles. The maximum Gasteiger partial charge on any atom is 0.419 e. The Balaban J connectivity index is 2.27. The number of nitrogens with two attached hydrogens (primary N) is 1. The van der Waals surface area contributed by atoms with Gasteiger partial charge in [-0.05, 0) is 17.7 Å². The van der Waals surface area contributed by atoms with E-state index in [9.17, 15) is 4.79 Å². The minimum Gasteiger partial charge on any atom is -0.408 e. The SMILES string of the molecule is CC(C)NCC(N)c1ccc2c(c1)oc(=O)n2C. The zero-order valence-electron chi connectivity index (χ0n) is 10.9. The van der Waals surface area contributed by atoms with Crippen LogP contribution in [0, 0.1) is 0 Å². The molecule has 2 aromatic rings. The van der Waals surface area contributed by atoms with E-state index in [4.69, 9.17) is 10.2 Å². The zero-order chi connectivity index (χ0) is 13.3. The molecule has 98 valence electrons. The summed E-state index contributed by atoms with van der Waals surface area (Å²) in [5, 5.41) is 3.29. The second kappa shape index (κ2) is 4.96. The Morgan fingerprint density at radius 2 is 2.17 bits per heavy atom. The highest BCUT2D eigenvalue weighted by atomic mass is 16.4.